The van der Waals surface area contributed by atoms with Crippen LogP contribution in [0.25, 0.3) is 10.8 Å². The van der Waals surface area contributed by atoms with E-state index in [1.807, 2.05) is 31.2 Å². The molecule has 172 valence electrons. The van der Waals surface area contributed by atoms with Gasteiger partial charge in [0.05, 0.1) is 6.61 Å². The van der Waals surface area contributed by atoms with Gasteiger partial charge in [-0.2, -0.15) is 0 Å². The lowest BCUT2D eigenvalue weighted by Gasteiger charge is -2.08. The Labute approximate surface area is 196 Å². The lowest BCUT2D eigenvalue weighted by molar-refractivity contribution is 0.315. The molecular formula is C29H22F4O. The number of hydrogen-bond acceptors (Lipinski definition) is 1. The molecule has 5 heteroatoms. The van der Waals surface area contributed by atoms with Gasteiger partial charge in [-0.3, -0.25) is 0 Å². The monoisotopic (exact) mass is 462 g/mol. The predicted molar refractivity (Wildman–Crippen MR) is 126 cm³/mol. The lowest BCUT2D eigenvalue weighted by atomic mass is 10.0. The van der Waals surface area contributed by atoms with Crippen molar-refractivity contribution in [2.24, 2.45) is 0 Å². The van der Waals surface area contributed by atoms with Crippen LogP contribution in [0.1, 0.15) is 35.6 Å². The van der Waals surface area contributed by atoms with Crippen molar-refractivity contribution in [2.45, 2.75) is 26.2 Å². The van der Waals surface area contributed by atoms with Crippen molar-refractivity contribution in [3.63, 3.8) is 0 Å². The second-order valence-corrected chi connectivity index (χ2v) is 7.97. The van der Waals surface area contributed by atoms with E-state index in [1.165, 1.54) is 18.2 Å². The summed E-state index contributed by atoms with van der Waals surface area (Å²) in [5.74, 6) is 2.33. The van der Waals surface area contributed by atoms with E-state index in [1.54, 1.807) is 18.2 Å². The lowest BCUT2D eigenvalue weighted by Crippen LogP contribution is -1.98. The highest BCUT2D eigenvalue weighted by atomic mass is 19.2. The molecule has 0 N–H and O–H groups in total. The normalized spacial score (nSPS) is 10.7. The maximum atomic E-state index is 14.3. The van der Waals surface area contributed by atoms with Gasteiger partial charge < -0.3 is 4.74 Å². The Morgan fingerprint density at radius 1 is 0.706 bits per heavy atom. The minimum Gasteiger partial charge on any atom is -0.494 e. The second-order valence-electron chi connectivity index (χ2n) is 7.97. The third-order valence-corrected chi connectivity index (χ3v) is 5.46. The molecule has 0 aliphatic carbocycles. The van der Waals surface area contributed by atoms with Crippen molar-refractivity contribution in [3.8, 4) is 17.6 Å². The first-order valence-corrected chi connectivity index (χ1v) is 11.0. The van der Waals surface area contributed by atoms with Crippen LogP contribution in [0, 0.1) is 35.1 Å². The molecule has 4 aromatic carbocycles. The number of halogens is 4. The summed E-state index contributed by atoms with van der Waals surface area (Å²) >= 11 is 0. The highest BCUT2D eigenvalue weighted by molar-refractivity contribution is 5.84. The van der Waals surface area contributed by atoms with Crippen molar-refractivity contribution in [1.82, 2.24) is 0 Å². The van der Waals surface area contributed by atoms with Crippen molar-refractivity contribution in [3.05, 3.63) is 112 Å². The quantitative estimate of drug-likeness (QED) is 0.165. The third kappa shape index (κ3) is 5.40. The Morgan fingerprint density at radius 3 is 2.18 bits per heavy atom. The Kier molecular flexibility index (Phi) is 7.18. The van der Waals surface area contributed by atoms with E-state index in [9.17, 15) is 17.6 Å². The Balaban J connectivity index is 1.42. The van der Waals surface area contributed by atoms with Crippen molar-refractivity contribution >= 4 is 10.8 Å². The first kappa shape index (κ1) is 23.4. The summed E-state index contributed by atoms with van der Waals surface area (Å²) in [4.78, 5) is 0. The highest BCUT2D eigenvalue weighted by Gasteiger charge is 2.13. The molecule has 0 saturated heterocycles. The third-order valence-electron chi connectivity index (χ3n) is 5.46. The SMILES string of the molecule is CCCOc1ccc(CCc2ccc(C#Cc3ccc4c(F)c(F)c(F)cc4c3)cc2)c(F)c1. The molecule has 0 heterocycles. The molecule has 34 heavy (non-hydrogen) atoms. The van der Waals surface area contributed by atoms with Gasteiger partial charge in [0.15, 0.2) is 17.5 Å². The molecule has 0 radical (unpaired) electrons. The molecule has 0 aliphatic heterocycles. The fourth-order valence-corrected chi connectivity index (χ4v) is 3.60. The second kappa shape index (κ2) is 10.4. The van der Waals surface area contributed by atoms with Gasteiger partial charge in [0.1, 0.15) is 11.6 Å². The van der Waals surface area contributed by atoms with E-state index in [0.717, 1.165) is 23.6 Å². The van der Waals surface area contributed by atoms with Crippen LogP contribution >= 0.6 is 0 Å². The molecule has 1 nitrogen and oxygen atoms in total. The summed E-state index contributed by atoms with van der Waals surface area (Å²) in [6.45, 7) is 2.56. The molecular weight excluding hydrogens is 440 g/mol. The molecule has 0 aliphatic rings. The van der Waals surface area contributed by atoms with E-state index >= 15 is 0 Å². The molecule has 0 aromatic heterocycles. The Hall–Kier alpha value is -3.78. The maximum absolute atomic E-state index is 14.3. The molecule has 0 fully saturated rings. The average molecular weight is 462 g/mol. The van der Waals surface area contributed by atoms with Gasteiger partial charge in [0, 0.05) is 22.6 Å². The summed E-state index contributed by atoms with van der Waals surface area (Å²) in [7, 11) is 0. The molecule has 0 saturated carbocycles. The topological polar surface area (TPSA) is 9.23 Å². The highest BCUT2D eigenvalue weighted by Crippen LogP contribution is 2.24. The summed E-state index contributed by atoms with van der Waals surface area (Å²) < 4.78 is 60.5. The van der Waals surface area contributed by atoms with Crippen LogP contribution in [-0.2, 0) is 12.8 Å². The summed E-state index contributed by atoms with van der Waals surface area (Å²) in [5.41, 5.74) is 3.01. The number of aryl methyl sites for hydroxylation is 2. The van der Waals surface area contributed by atoms with Crippen LogP contribution in [0.15, 0.2) is 66.7 Å². The minimum absolute atomic E-state index is 0.00775. The standard InChI is InChI=1S/C29H22F4O/c1-2-15-34-24-13-12-22(26(30)18-24)11-9-20-5-3-19(4-6-20)7-8-21-10-14-25-23(16-21)17-27(31)29(33)28(25)32/h3-6,10,12-14,16-18H,2,9,11,15H2,1H3. The van der Waals surface area contributed by atoms with Gasteiger partial charge in [0.2, 0.25) is 0 Å². The van der Waals surface area contributed by atoms with Crippen LogP contribution in [0.2, 0.25) is 0 Å². The molecule has 4 aromatic rings. The average Bonchev–Trinajstić information content (AvgIpc) is 2.85. The number of rotatable bonds is 6. The minimum atomic E-state index is -1.48. The number of benzene rings is 4. The smallest absolute Gasteiger partial charge is 0.195 e. The molecule has 0 amide bonds. The van der Waals surface area contributed by atoms with Crippen molar-refractivity contribution < 1.29 is 22.3 Å². The van der Waals surface area contributed by atoms with Crippen molar-refractivity contribution in [1.29, 1.82) is 0 Å². The van der Waals surface area contributed by atoms with E-state index in [4.69, 9.17) is 4.74 Å². The van der Waals surface area contributed by atoms with E-state index < -0.39 is 17.5 Å². The van der Waals surface area contributed by atoms with Gasteiger partial charge >= 0.3 is 0 Å². The van der Waals surface area contributed by atoms with Crippen molar-refractivity contribution in [2.75, 3.05) is 6.61 Å². The van der Waals surface area contributed by atoms with Crippen LogP contribution < -0.4 is 4.74 Å². The van der Waals surface area contributed by atoms with E-state index in [2.05, 4.69) is 11.8 Å². The van der Waals surface area contributed by atoms with E-state index in [-0.39, 0.29) is 16.6 Å². The first-order valence-electron chi connectivity index (χ1n) is 11.0. The van der Waals surface area contributed by atoms with Gasteiger partial charge in [-0.15, -0.1) is 0 Å². The number of hydrogen-bond donors (Lipinski definition) is 0. The molecule has 0 spiro atoms. The molecule has 4 rings (SSSR count). The van der Waals surface area contributed by atoms with E-state index in [0.29, 0.717) is 36.3 Å². The maximum Gasteiger partial charge on any atom is 0.195 e. The number of ether oxygens (including phenoxy) is 1. The fourth-order valence-electron chi connectivity index (χ4n) is 3.60. The van der Waals surface area contributed by atoms with Gasteiger partial charge in [-0.1, -0.05) is 43.0 Å². The van der Waals surface area contributed by atoms with Crippen LogP contribution in [-0.4, -0.2) is 6.61 Å². The molecule has 0 bridgehead atoms. The Morgan fingerprint density at radius 2 is 1.44 bits per heavy atom. The predicted octanol–water partition coefficient (Wildman–Crippen LogP) is 7.37. The van der Waals surface area contributed by atoms with Crippen LogP contribution in [0.5, 0.6) is 5.75 Å². The zero-order valence-electron chi connectivity index (χ0n) is 18.6. The van der Waals surface area contributed by atoms with Crippen LogP contribution in [0.3, 0.4) is 0 Å². The summed E-state index contributed by atoms with van der Waals surface area (Å²) in [5, 5.41) is 0.254. The zero-order chi connectivity index (χ0) is 24.1. The van der Waals surface area contributed by atoms with Gasteiger partial charge in [-0.25, -0.2) is 17.6 Å². The van der Waals surface area contributed by atoms with Gasteiger partial charge in [0.25, 0.3) is 0 Å². The summed E-state index contributed by atoms with van der Waals surface area (Å²) in [6.07, 6.45) is 2.11. The molecule has 0 unspecified atom stereocenters. The van der Waals surface area contributed by atoms with Crippen LogP contribution in [0.4, 0.5) is 17.6 Å². The first-order chi connectivity index (χ1) is 16.4. The Bertz CT molecular complexity index is 1380. The largest absolute Gasteiger partial charge is 0.494 e. The summed E-state index contributed by atoms with van der Waals surface area (Å²) in [6, 6.07) is 18.0. The molecule has 0 atom stereocenters. The van der Waals surface area contributed by atoms with Gasteiger partial charge in [-0.05, 0) is 72.2 Å². The fraction of sp³-hybridized carbons (Fsp3) is 0.172. The number of fused-ring (bicyclic) bond motifs is 1. The zero-order valence-corrected chi connectivity index (χ0v) is 18.6.